The highest BCUT2D eigenvalue weighted by molar-refractivity contribution is 5.74. The monoisotopic (exact) mass is 364 g/mol. The Morgan fingerprint density at radius 2 is 1.73 bits per heavy atom. The Morgan fingerprint density at radius 3 is 2.38 bits per heavy atom. The smallest absolute Gasteiger partial charge is 0.317 e. The van der Waals surface area contributed by atoms with Crippen LogP contribution in [-0.2, 0) is 22.5 Å². The van der Waals surface area contributed by atoms with Gasteiger partial charge in [-0.1, -0.05) is 6.42 Å². The normalized spacial score (nSPS) is 13.0. The van der Waals surface area contributed by atoms with E-state index in [-0.39, 0.29) is 12.0 Å². The molecular weight excluding hydrogens is 336 g/mol. The van der Waals surface area contributed by atoms with Crippen LogP contribution in [0.1, 0.15) is 36.8 Å². The predicted molar refractivity (Wildman–Crippen MR) is 97.5 cm³/mol. The van der Waals surface area contributed by atoms with E-state index in [0.717, 1.165) is 37.0 Å². The van der Waals surface area contributed by atoms with Gasteiger partial charge in [0.1, 0.15) is 0 Å². The molecule has 1 aromatic rings. The van der Waals surface area contributed by atoms with Crippen molar-refractivity contribution in [3.8, 4) is 11.5 Å². The van der Waals surface area contributed by atoms with Gasteiger partial charge in [0.25, 0.3) is 0 Å². The van der Waals surface area contributed by atoms with Gasteiger partial charge in [-0.15, -0.1) is 0 Å². The number of amides is 2. The van der Waals surface area contributed by atoms with E-state index in [1.807, 2.05) is 17.0 Å². The number of nitrogens with zero attached hydrogens (tertiary/aromatic N) is 1. The van der Waals surface area contributed by atoms with Crippen molar-refractivity contribution in [2.45, 2.75) is 38.6 Å². The van der Waals surface area contributed by atoms with Gasteiger partial charge in [0, 0.05) is 26.1 Å². The highest BCUT2D eigenvalue weighted by Gasteiger charge is 2.22. The average Bonchev–Trinajstić information content (AvgIpc) is 2.68. The van der Waals surface area contributed by atoms with Crippen molar-refractivity contribution in [1.29, 1.82) is 0 Å². The third kappa shape index (κ3) is 5.28. The maximum atomic E-state index is 12.4. The van der Waals surface area contributed by atoms with Gasteiger partial charge in [0.15, 0.2) is 11.5 Å². The molecule has 0 fully saturated rings. The lowest BCUT2D eigenvalue weighted by Crippen LogP contribution is -2.43. The zero-order chi connectivity index (χ0) is 18.9. The van der Waals surface area contributed by atoms with Crippen molar-refractivity contribution in [2.75, 3.05) is 34.4 Å². The molecule has 0 aliphatic carbocycles. The highest BCUT2D eigenvalue weighted by Crippen LogP contribution is 2.33. The van der Waals surface area contributed by atoms with Gasteiger partial charge in [0.2, 0.25) is 0 Å². The molecule has 0 saturated heterocycles. The average molecular weight is 364 g/mol. The summed E-state index contributed by atoms with van der Waals surface area (Å²) in [5, 5.41) is 2.95. The third-order valence-electron chi connectivity index (χ3n) is 4.57. The molecule has 2 rings (SSSR count). The lowest BCUT2D eigenvalue weighted by molar-refractivity contribution is -0.140. The molecule has 0 radical (unpaired) electrons. The molecule has 1 aliphatic heterocycles. The molecule has 0 bridgehead atoms. The van der Waals surface area contributed by atoms with E-state index in [0.29, 0.717) is 31.8 Å². The van der Waals surface area contributed by atoms with Crippen molar-refractivity contribution in [3.63, 3.8) is 0 Å². The van der Waals surface area contributed by atoms with Crippen LogP contribution >= 0.6 is 0 Å². The van der Waals surface area contributed by atoms with Crippen LogP contribution in [0.15, 0.2) is 12.1 Å². The van der Waals surface area contributed by atoms with E-state index in [1.54, 1.807) is 14.2 Å². The number of carbonyl (C=O) groups excluding carboxylic acids is 2. The molecule has 0 aromatic heterocycles. The lowest BCUT2D eigenvalue weighted by Gasteiger charge is -2.29. The summed E-state index contributed by atoms with van der Waals surface area (Å²) in [5.41, 5.74) is 2.27. The number of unbranched alkanes of at least 4 members (excludes halogenated alkanes) is 2. The predicted octanol–water partition coefficient (Wildman–Crippen LogP) is 2.50. The van der Waals surface area contributed by atoms with E-state index in [9.17, 15) is 9.59 Å². The molecule has 1 heterocycles. The second kappa shape index (κ2) is 9.89. The van der Waals surface area contributed by atoms with Crippen LogP contribution in [-0.4, -0.2) is 51.3 Å². The first-order valence-corrected chi connectivity index (χ1v) is 8.92. The third-order valence-corrected chi connectivity index (χ3v) is 4.57. The van der Waals surface area contributed by atoms with E-state index in [1.165, 1.54) is 12.7 Å². The lowest BCUT2D eigenvalue weighted by atomic mass is 9.99. The molecule has 144 valence electrons. The van der Waals surface area contributed by atoms with Crippen molar-refractivity contribution in [1.82, 2.24) is 10.2 Å². The van der Waals surface area contributed by atoms with Crippen molar-refractivity contribution in [2.24, 2.45) is 0 Å². The Labute approximate surface area is 154 Å². The molecule has 7 heteroatoms. The Morgan fingerprint density at radius 1 is 1.04 bits per heavy atom. The van der Waals surface area contributed by atoms with Gasteiger partial charge < -0.3 is 24.4 Å². The van der Waals surface area contributed by atoms with E-state index < -0.39 is 0 Å². The molecule has 1 N–H and O–H groups in total. The van der Waals surface area contributed by atoms with Crippen LogP contribution in [0.4, 0.5) is 4.79 Å². The molecule has 26 heavy (non-hydrogen) atoms. The minimum Gasteiger partial charge on any atom is -0.493 e. The number of ether oxygens (including phenoxy) is 3. The quantitative estimate of drug-likeness (QED) is 0.566. The summed E-state index contributed by atoms with van der Waals surface area (Å²) in [4.78, 5) is 25.2. The van der Waals surface area contributed by atoms with Crippen molar-refractivity contribution >= 4 is 12.0 Å². The zero-order valence-electron chi connectivity index (χ0n) is 15.8. The maximum absolute atomic E-state index is 12.4. The first-order chi connectivity index (χ1) is 12.6. The fraction of sp³-hybridized carbons (Fsp3) is 0.579. The number of fused-ring (bicyclic) bond motifs is 1. The van der Waals surface area contributed by atoms with Crippen LogP contribution in [0.3, 0.4) is 0 Å². The molecule has 7 nitrogen and oxygen atoms in total. The number of rotatable bonds is 8. The van der Waals surface area contributed by atoms with Crippen LogP contribution in [0.5, 0.6) is 11.5 Å². The summed E-state index contributed by atoms with van der Waals surface area (Å²) in [5.74, 6) is 1.21. The highest BCUT2D eigenvalue weighted by atomic mass is 16.5. The van der Waals surface area contributed by atoms with E-state index >= 15 is 0 Å². The Bertz CT molecular complexity index is 633. The molecule has 0 saturated carbocycles. The van der Waals surface area contributed by atoms with E-state index in [4.69, 9.17) is 9.47 Å². The Hall–Kier alpha value is -2.44. The number of esters is 1. The van der Waals surface area contributed by atoms with E-state index in [2.05, 4.69) is 10.1 Å². The van der Waals surface area contributed by atoms with Crippen LogP contribution in [0.25, 0.3) is 0 Å². The number of carbonyl (C=O) groups is 2. The van der Waals surface area contributed by atoms with Crippen molar-refractivity contribution in [3.05, 3.63) is 23.3 Å². The van der Waals surface area contributed by atoms with Crippen LogP contribution < -0.4 is 14.8 Å². The largest absolute Gasteiger partial charge is 0.493 e. The second-order valence-electron chi connectivity index (χ2n) is 6.27. The van der Waals surface area contributed by atoms with Crippen molar-refractivity contribution < 1.29 is 23.8 Å². The summed E-state index contributed by atoms with van der Waals surface area (Å²) in [7, 11) is 4.63. The number of benzene rings is 1. The standard InChI is InChI=1S/C19H28N2O5/c1-24-16-11-14-8-10-21(13-15(14)12-17(16)25-2)19(23)20-9-6-4-5-7-18(22)26-3/h11-12H,4-10,13H2,1-3H3,(H,20,23). The number of urea groups is 1. The van der Waals surface area contributed by atoms with Gasteiger partial charge in [-0.25, -0.2) is 4.79 Å². The fourth-order valence-corrected chi connectivity index (χ4v) is 3.04. The fourth-order valence-electron chi connectivity index (χ4n) is 3.04. The Balaban J connectivity index is 1.79. The molecule has 1 aliphatic rings. The maximum Gasteiger partial charge on any atom is 0.317 e. The van der Waals surface area contributed by atoms with Gasteiger partial charge >= 0.3 is 12.0 Å². The number of hydrogen-bond donors (Lipinski definition) is 1. The molecule has 1 aromatic carbocycles. The summed E-state index contributed by atoms with van der Waals surface area (Å²) in [6.45, 7) is 1.84. The second-order valence-corrected chi connectivity index (χ2v) is 6.27. The SMILES string of the molecule is COC(=O)CCCCCNC(=O)N1CCc2cc(OC)c(OC)cc2C1. The van der Waals surface area contributed by atoms with Gasteiger partial charge in [0.05, 0.1) is 21.3 Å². The number of nitrogens with one attached hydrogen (secondary N) is 1. The first kappa shape index (κ1) is 19.9. The first-order valence-electron chi connectivity index (χ1n) is 8.92. The molecule has 0 atom stereocenters. The summed E-state index contributed by atoms with van der Waals surface area (Å²) in [6.07, 6.45) is 3.73. The number of hydrogen-bond acceptors (Lipinski definition) is 5. The van der Waals surface area contributed by atoms with Gasteiger partial charge in [-0.2, -0.15) is 0 Å². The molecular formula is C19H28N2O5. The topological polar surface area (TPSA) is 77.1 Å². The van der Waals surface area contributed by atoms with Crippen LogP contribution in [0, 0.1) is 0 Å². The molecule has 2 amide bonds. The summed E-state index contributed by atoms with van der Waals surface area (Å²) < 4.78 is 15.3. The minimum absolute atomic E-state index is 0.0570. The number of methoxy groups -OCH3 is 3. The van der Waals surface area contributed by atoms with Crippen LogP contribution in [0.2, 0.25) is 0 Å². The Kier molecular flexibility index (Phi) is 7.56. The van der Waals surface area contributed by atoms with Gasteiger partial charge in [-0.3, -0.25) is 4.79 Å². The summed E-state index contributed by atoms with van der Waals surface area (Å²) >= 11 is 0. The molecule has 0 unspecified atom stereocenters. The minimum atomic E-state index is -0.187. The summed E-state index contributed by atoms with van der Waals surface area (Å²) in [6, 6.07) is 3.88. The van der Waals surface area contributed by atoms with Gasteiger partial charge in [-0.05, 0) is 42.5 Å². The zero-order valence-corrected chi connectivity index (χ0v) is 15.8. The molecule has 0 spiro atoms.